The Bertz CT molecular complexity index is 812. The summed E-state index contributed by atoms with van der Waals surface area (Å²) in [5.74, 6) is -0.524. The lowest BCUT2D eigenvalue weighted by molar-refractivity contribution is 0.104. The summed E-state index contributed by atoms with van der Waals surface area (Å²) in [7, 11) is 1.40. The lowest BCUT2D eigenvalue weighted by Gasteiger charge is -2.15. The van der Waals surface area contributed by atoms with Crippen LogP contribution in [0.2, 0.25) is 0 Å². The van der Waals surface area contributed by atoms with Crippen LogP contribution in [0.3, 0.4) is 0 Å². The Morgan fingerprint density at radius 1 is 0.958 bits per heavy atom. The molecule has 0 amide bonds. The summed E-state index contributed by atoms with van der Waals surface area (Å²) in [5.41, 5.74) is 3.88. The molecule has 4 heteroatoms. The van der Waals surface area contributed by atoms with Crippen LogP contribution in [-0.2, 0) is 0 Å². The third-order valence-electron chi connectivity index (χ3n) is 3.99. The molecule has 0 heterocycles. The fourth-order valence-corrected chi connectivity index (χ4v) is 2.83. The van der Waals surface area contributed by atoms with Crippen LogP contribution in [0.1, 0.15) is 38.2 Å². The Morgan fingerprint density at radius 2 is 1.54 bits per heavy atom. The molecular weight excluding hydrogens is 304 g/mol. The first kappa shape index (κ1) is 17.6. The number of allylic oxidation sites excluding steroid dienone is 1. The molecule has 0 aromatic heterocycles. The molecule has 2 N–H and O–H groups in total. The molecule has 2 aromatic rings. The SMILES string of the molecule is COc1c(C)c(O)c(C)c(O)c1C(=O)C=Cc1cc(C)cc(C)c1. The lowest BCUT2D eigenvalue weighted by Crippen LogP contribution is -2.03. The minimum atomic E-state index is -0.380. The van der Waals surface area contributed by atoms with E-state index in [-0.39, 0.29) is 34.2 Å². The molecule has 0 aliphatic heterocycles. The average Bonchev–Trinajstić information content (AvgIpc) is 2.53. The minimum Gasteiger partial charge on any atom is -0.507 e. The van der Waals surface area contributed by atoms with Crippen LogP contribution in [-0.4, -0.2) is 23.1 Å². The first-order valence-corrected chi connectivity index (χ1v) is 7.66. The summed E-state index contributed by atoms with van der Waals surface area (Å²) in [5, 5.41) is 20.3. The van der Waals surface area contributed by atoms with Crippen molar-refractivity contribution in [1.29, 1.82) is 0 Å². The Labute approximate surface area is 142 Å². The van der Waals surface area contributed by atoms with E-state index >= 15 is 0 Å². The summed E-state index contributed by atoms with van der Waals surface area (Å²) in [6.45, 7) is 7.19. The number of carbonyl (C=O) groups is 1. The highest BCUT2D eigenvalue weighted by atomic mass is 16.5. The molecule has 24 heavy (non-hydrogen) atoms. The normalized spacial score (nSPS) is 11.0. The van der Waals surface area contributed by atoms with Gasteiger partial charge in [0, 0.05) is 11.1 Å². The molecule has 0 unspecified atom stereocenters. The molecular formula is C20H22O4. The summed E-state index contributed by atoms with van der Waals surface area (Å²) >= 11 is 0. The maximum atomic E-state index is 12.6. The molecule has 126 valence electrons. The van der Waals surface area contributed by atoms with Gasteiger partial charge in [-0.15, -0.1) is 0 Å². The molecule has 0 saturated carbocycles. The smallest absolute Gasteiger partial charge is 0.193 e. The number of carbonyl (C=O) groups excluding carboxylic acids is 1. The number of aryl methyl sites for hydroxylation is 2. The van der Waals surface area contributed by atoms with Crippen LogP contribution < -0.4 is 4.74 Å². The van der Waals surface area contributed by atoms with E-state index in [0.717, 1.165) is 16.7 Å². The van der Waals surface area contributed by atoms with Gasteiger partial charge >= 0.3 is 0 Å². The van der Waals surface area contributed by atoms with Gasteiger partial charge in [0.25, 0.3) is 0 Å². The van der Waals surface area contributed by atoms with Crippen molar-refractivity contribution in [3.05, 3.63) is 57.7 Å². The Balaban J connectivity index is 2.48. The first-order valence-electron chi connectivity index (χ1n) is 7.66. The number of benzene rings is 2. The number of ether oxygens (including phenoxy) is 1. The number of hydrogen-bond acceptors (Lipinski definition) is 4. The van der Waals surface area contributed by atoms with Crippen molar-refractivity contribution in [2.45, 2.75) is 27.7 Å². The highest BCUT2D eigenvalue weighted by molar-refractivity contribution is 6.11. The number of aromatic hydroxyl groups is 2. The standard InChI is InChI=1S/C20H22O4/c1-11-8-12(2)10-15(9-11)6-7-16(21)17-19(23)13(3)18(22)14(4)20(17)24-5/h6-10,22-23H,1-5H3. The molecule has 0 atom stereocenters. The number of phenols is 2. The van der Waals surface area contributed by atoms with Crippen molar-refractivity contribution >= 4 is 11.9 Å². The largest absolute Gasteiger partial charge is 0.507 e. The molecule has 0 spiro atoms. The van der Waals surface area contributed by atoms with Gasteiger partial charge < -0.3 is 14.9 Å². The summed E-state index contributed by atoms with van der Waals surface area (Å²) < 4.78 is 5.23. The zero-order valence-electron chi connectivity index (χ0n) is 14.6. The third-order valence-corrected chi connectivity index (χ3v) is 3.99. The number of phenolic OH excluding ortho intramolecular Hbond substituents is 2. The molecule has 0 saturated heterocycles. The van der Waals surface area contributed by atoms with E-state index < -0.39 is 0 Å². The molecule has 0 fully saturated rings. The summed E-state index contributed by atoms with van der Waals surface area (Å²) in [6.07, 6.45) is 3.11. The van der Waals surface area contributed by atoms with E-state index in [1.54, 1.807) is 19.9 Å². The van der Waals surface area contributed by atoms with E-state index in [1.807, 2.05) is 26.0 Å². The van der Waals surface area contributed by atoms with E-state index in [1.165, 1.54) is 13.2 Å². The Hall–Kier alpha value is -2.75. The van der Waals surface area contributed by atoms with E-state index in [0.29, 0.717) is 5.56 Å². The maximum Gasteiger partial charge on any atom is 0.193 e. The number of methoxy groups -OCH3 is 1. The fraction of sp³-hybridized carbons (Fsp3) is 0.250. The third kappa shape index (κ3) is 3.27. The maximum absolute atomic E-state index is 12.6. The van der Waals surface area contributed by atoms with Gasteiger partial charge in [-0.1, -0.05) is 35.4 Å². The van der Waals surface area contributed by atoms with Crippen molar-refractivity contribution in [3.8, 4) is 17.2 Å². The van der Waals surface area contributed by atoms with Gasteiger partial charge in [0.2, 0.25) is 0 Å². The summed E-state index contributed by atoms with van der Waals surface area (Å²) in [6, 6.07) is 6.00. The van der Waals surface area contributed by atoms with Crippen LogP contribution >= 0.6 is 0 Å². The van der Waals surface area contributed by atoms with Crippen molar-refractivity contribution in [1.82, 2.24) is 0 Å². The molecule has 0 radical (unpaired) electrons. The number of hydrogen-bond donors (Lipinski definition) is 2. The van der Waals surface area contributed by atoms with Gasteiger partial charge in [-0.3, -0.25) is 4.79 Å². The topological polar surface area (TPSA) is 66.8 Å². The number of ketones is 1. The first-order chi connectivity index (χ1) is 11.3. The molecule has 0 aliphatic rings. The summed E-state index contributed by atoms with van der Waals surface area (Å²) in [4.78, 5) is 12.6. The second-order valence-corrected chi connectivity index (χ2v) is 5.97. The van der Waals surface area contributed by atoms with Gasteiger partial charge in [-0.2, -0.15) is 0 Å². The van der Waals surface area contributed by atoms with Crippen molar-refractivity contribution in [2.24, 2.45) is 0 Å². The van der Waals surface area contributed by atoms with Gasteiger partial charge in [0.05, 0.1) is 7.11 Å². The molecule has 2 rings (SSSR count). The minimum absolute atomic E-state index is 0.0610. The molecule has 0 aliphatic carbocycles. The monoisotopic (exact) mass is 326 g/mol. The van der Waals surface area contributed by atoms with Crippen LogP contribution in [0.5, 0.6) is 17.2 Å². The van der Waals surface area contributed by atoms with E-state index in [2.05, 4.69) is 6.07 Å². The molecule has 4 nitrogen and oxygen atoms in total. The van der Waals surface area contributed by atoms with E-state index in [9.17, 15) is 15.0 Å². The zero-order valence-corrected chi connectivity index (χ0v) is 14.6. The second kappa shape index (κ2) is 6.79. The van der Waals surface area contributed by atoms with Crippen LogP contribution in [0.4, 0.5) is 0 Å². The van der Waals surface area contributed by atoms with Crippen LogP contribution in [0.15, 0.2) is 24.3 Å². The predicted octanol–water partition coefficient (Wildman–Crippen LogP) is 4.24. The molecule has 0 bridgehead atoms. The van der Waals surface area contributed by atoms with Gasteiger partial charge in [0.1, 0.15) is 22.8 Å². The average molecular weight is 326 g/mol. The second-order valence-electron chi connectivity index (χ2n) is 5.97. The van der Waals surface area contributed by atoms with Crippen molar-refractivity contribution in [2.75, 3.05) is 7.11 Å². The van der Waals surface area contributed by atoms with Crippen molar-refractivity contribution < 1.29 is 19.7 Å². The highest BCUT2D eigenvalue weighted by Crippen LogP contribution is 2.41. The van der Waals surface area contributed by atoms with Crippen molar-refractivity contribution in [3.63, 3.8) is 0 Å². The quantitative estimate of drug-likeness (QED) is 0.651. The zero-order chi connectivity index (χ0) is 18.0. The Morgan fingerprint density at radius 3 is 2.08 bits per heavy atom. The molecule has 2 aromatic carbocycles. The van der Waals surface area contributed by atoms with Gasteiger partial charge in [-0.25, -0.2) is 0 Å². The lowest BCUT2D eigenvalue weighted by atomic mass is 9.98. The fourth-order valence-electron chi connectivity index (χ4n) is 2.83. The highest BCUT2D eigenvalue weighted by Gasteiger charge is 2.23. The van der Waals surface area contributed by atoms with Crippen LogP contribution in [0.25, 0.3) is 6.08 Å². The van der Waals surface area contributed by atoms with Gasteiger partial charge in [0.15, 0.2) is 5.78 Å². The number of rotatable bonds is 4. The van der Waals surface area contributed by atoms with E-state index in [4.69, 9.17) is 4.74 Å². The Kier molecular flexibility index (Phi) is 4.98. The predicted molar refractivity (Wildman–Crippen MR) is 95.1 cm³/mol. The van der Waals surface area contributed by atoms with Gasteiger partial charge in [-0.05, 0) is 39.3 Å². The van der Waals surface area contributed by atoms with Crippen LogP contribution in [0, 0.1) is 27.7 Å².